The summed E-state index contributed by atoms with van der Waals surface area (Å²) in [5, 5.41) is 0. The van der Waals surface area contributed by atoms with Crippen LogP contribution < -0.4 is 23.7 Å². The normalized spacial score (nSPS) is 21.8. The van der Waals surface area contributed by atoms with Gasteiger partial charge in [0.25, 0.3) is 0 Å². The van der Waals surface area contributed by atoms with Crippen LogP contribution in [0.1, 0.15) is 42.5 Å². The monoisotopic (exact) mass is 543 g/mol. The van der Waals surface area contributed by atoms with Gasteiger partial charge in [-0.15, -0.1) is 0 Å². The predicted octanol–water partition coefficient (Wildman–Crippen LogP) is 3.54. The van der Waals surface area contributed by atoms with Gasteiger partial charge in [0.2, 0.25) is 5.75 Å². The second-order valence-electron chi connectivity index (χ2n) is 9.30. The molecule has 4 atom stereocenters. The highest BCUT2D eigenvalue weighted by Gasteiger charge is 2.58. The Morgan fingerprint density at radius 2 is 1.33 bits per heavy atom. The Morgan fingerprint density at radius 3 is 1.87 bits per heavy atom. The fourth-order valence-corrected chi connectivity index (χ4v) is 6.01. The van der Waals surface area contributed by atoms with Gasteiger partial charge in [-0.2, -0.15) is 0 Å². The number of nitrogens with zero attached hydrogens (tertiary/aromatic N) is 1. The molecule has 0 unspecified atom stereocenters. The minimum Gasteiger partial charge on any atom is -0.493 e. The zero-order valence-electron chi connectivity index (χ0n) is 23.6. The van der Waals surface area contributed by atoms with E-state index in [0.29, 0.717) is 47.3 Å². The predicted molar refractivity (Wildman–Crippen MR) is 142 cm³/mol. The van der Waals surface area contributed by atoms with E-state index in [4.69, 9.17) is 33.2 Å². The summed E-state index contributed by atoms with van der Waals surface area (Å²) < 4.78 is 39.1. The average molecular weight is 544 g/mol. The standard InChI is InChI=1S/C29H37NO9/c1-8-38-28(31)24-23(17-13-21(35-5)27(37-7)22(14-17)36-6)26(29(32)39-9-2)30-11-10-16-12-19(33-3)20(34-4)15-18(16)25(24)30/h12-15,23-26H,8-11H2,1-7H3/t23-,24-,25+,26+/m1/s1. The molecule has 39 heavy (non-hydrogen) atoms. The Bertz CT molecular complexity index is 1190. The lowest BCUT2D eigenvalue weighted by atomic mass is 9.78. The number of rotatable bonds is 10. The molecule has 2 heterocycles. The van der Waals surface area contributed by atoms with Crippen molar-refractivity contribution in [2.75, 3.05) is 55.3 Å². The summed E-state index contributed by atoms with van der Waals surface area (Å²) >= 11 is 0. The summed E-state index contributed by atoms with van der Waals surface area (Å²) in [4.78, 5) is 29.5. The smallest absolute Gasteiger partial charge is 0.324 e. The molecule has 10 heteroatoms. The van der Waals surface area contributed by atoms with Crippen LogP contribution in [0.4, 0.5) is 0 Å². The first-order valence-electron chi connectivity index (χ1n) is 13.0. The van der Waals surface area contributed by atoms with Crippen molar-refractivity contribution in [3.63, 3.8) is 0 Å². The first-order chi connectivity index (χ1) is 18.9. The third-order valence-corrected chi connectivity index (χ3v) is 7.54. The zero-order chi connectivity index (χ0) is 28.3. The molecule has 2 aromatic carbocycles. The first kappa shape index (κ1) is 28.4. The molecular formula is C29H37NO9. The Morgan fingerprint density at radius 1 is 0.769 bits per heavy atom. The van der Waals surface area contributed by atoms with Crippen molar-refractivity contribution < 1.29 is 42.7 Å². The third kappa shape index (κ3) is 4.93. The van der Waals surface area contributed by atoms with Crippen LogP contribution in [-0.2, 0) is 25.5 Å². The molecule has 0 bridgehead atoms. The van der Waals surface area contributed by atoms with Crippen molar-refractivity contribution in [2.24, 2.45) is 5.92 Å². The van der Waals surface area contributed by atoms with Crippen LogP contribution in [-0.4, -0.2) is 78.2 Å². The molecular weight excluding hydrogens is 506 g/mol. The number of esters is 2. The molecule has 0 spiro atoms. The first-order valence-corrected chi connectivity index (χ1v) is 13.0. The van der Waals surface area contributed by atoms with Crippen molar-refractivity contribution in [3.05, 3.63) is 41.0 Å². The van der Waals surface area contributed by atoms with Crippen LogP contribution in [0.3, 0.4) is 0 Å². The maximum atomic E-state index is 13.8. The lowest BCUT2D eigenvalue weighted by molar-refractivity contribution is -0.149. The number of carbonyl (C=O) groups excluding carboxylic acids is 2. The highest BCUT2D eigenvalue weighted by atomic mass is 16.5. The Labute approximate surface area is 229 Å². The Balaban J connectivity index is 1.98. The van der Waals surface area contributed by atoms with E-state index < -0.39 is 35.9 Å². The van der Waals surface area contributed by atoms with Crippen molar-refractivity contribution in [3.8, 4) is 28.7 Å². The number of ether oxygens (including phenoxy) is 7. The fraction of sp³-hybridized carbons (Fsp3) is 0.517. The minimum absolute atomic E-state index is 0.201. The molecule has 1 fully saturated rings. The maximum absolute atomic E-state index is 13.8. The molecule has 1 saturated heterocycles. The van der Waals surface area contributed by atoms with Gasteiger partial charge in [-0.1, -0.05) is 0 Å². The van der Waals surface area contributed by atoms with Gasteiger partial charge in [0, 0.05) is 12.5 Å². The van der Waals surface area contributed by atoms with E-state index in [2.05, 4.69) is 4.90 Å². The van der Waals surface area contributed by atoms with Crippen LogP contribution in [0.15, 0.2) is 24.3 Å². The van der Waals surface area contributed by atoms with E-state index in [1.165, 1.54) is 21.3 Å². The van der Waals surface area contributed by atoms with Crippen molar-refractivity contribution in [2.45, 2.75) is 38.3 Å². The summed E-state index contributed by atoms with van der Waals surface area (Å²) in [6.07, 6.45) is 0.652. The van der Waals surface area contributed by atoms with Gasteiger partial charge in [-0.25, -0.2) is 0 Å². The van der Waals surface area contributed by atoms with Gasteiger partial charge in [0.05, 0.1) is 60.7 Å². The second-order valence-corrected chi connectivity index (χ2v) is 9.30. The molecule has 10 nitrogen and oxygen atoms in total. The van der Waals surface area contributed by atoms with Crippen LogP contribution in [0.2, 0.25) is 0 Å². The van der Waals surface area contributed by atoms with E-state index in [9.17, 15) is 9.59 Å². The minimum atomic E-state index is -0.756. The number of fused-ring (bicyclic) bond motifs is 3. The van der Waals surface area contributed by atoms with Gasteiger partial charge < -0.3 is 33.2 Å². The largest absolute Gasteiger partial charge is 0.493 e. The lowest BCUT2D eigenvalue weighted by Crippen LogP contribution is -2.44. The molecule has 2 aromatic rings. The van der Waals surface area contributed by atoms with Crippen LogP contribution in [0.25, 0.3) is 0 Å². The Hall–Kier alpha value is -3.66. The van der Waals surface area contributed by atoms with Crippen LogP contribution in [0.5, 0.6) is 28.7 Å². The number of carbonyl (C=O) groups is 2. The summed E-state index contributed by atoms with van der Waals surface area (Å²) in [5.41, 5.74) is 2.59. The van der Waals surface area contributed by atoms with E-state index in [1.807, 2.05) is 12.1 Å². The molecule has 0 aliphatic carbocycles. The summed E-state index contributed by atoms with van der Waals surface area (Å²) in [7, 11) is 7.74. The van der Waals surface area contributed by atoms with Gasteiger partial charge >= 0.3 is 11.9 Å². The number of benzene rings is 2. The molecule has 4 rings (SSSR count). The molecule has 2 aliphatic rings. The molecule has 0 saturated carbocycles. The van der Waals surface area contributed by atoms with E-state index in [0.717, 1.165) is 11.1 Å². The van der Waals surface area contributed by atoms with Gasteiger partial charge in [-0.3, -0.25) is 14.5 Å². The van der Waals surface area contributed by atoms with Crippen LogP contribution >= 0.6 is 0 Å². The zero-order valence-corrected chi connectivity index (χ0v) is 23.6. The number of methoxy groups -OCH3 is 5. The third-order valence-electron chi connectivity index (χ3n) is 7.54. The molecule has 0 aromatic heterocycles. The molecule has 0 amide bonds. The van der Waals surface area contributed by atoms with Crippen molar-refractivity contribution >= 4 is 11.9 Å². The van der Waals surface area contributed by atoms with Crippen LogP contribution in [0, 0.1) is 5.92 Å². The van der Waals surface area contributed by atoms with Gasteiger partial charge in [0.1, 0.15) is 6.04 Å². The Kier molecular flexibility index (Phi) is 8.74. The number of hydrogen-bond acceptors (Lipinski definition) is 10. The highest BCUT2D eigenvalue weighted by molar-refractivity contribution is 5.84. The topological polar surface area (TPSA) is 102 Å². The summed E-state index contributed by atoms with van der Waals surface area (Å²) in [6, 6.07) is 6.20. The molecule has 0 radical (unpaired) electrons. The van der Waals surface area contributed by atoms with Crippen molar-refractivity contribution in [1.29, 1.82) is 0 Å². The molecule has 2 aliphatic heterocycles. The molecule has 212 valence electrons. The quantitative estimate of drug-likeness (QED) is 0.414. The summed E-state index contributed by atoms with van der Waals surface area (Å²) in [6.45, 7) is 4.48. The second kappa shape index (κ2) is 12.0. The lowest BCUT2D eigenvalue weighted by Gasteiger charge is -2.36. The molecule has 0 N–H and O–H groups in total. The maximum Gasteiger partial charge on any atom is 0.324 e. The average Bonchev–Trinajstić information content (AvgIpc) is 3.31. The number of hydrogen-bond donors (Lipinski definition) is 0. The SMILES string of the molecule is CCOC(=O)[C@@H]1[C@@H](c2cc(OC)c(OC)c(OC)c2)[C@@H](C(=O)OCC)N2CCc3cc(OC)c(OC)cc3[C@@H]12. The van der Waals surface area contributed by atoms with Crippen molar-refractivity contribution in [1.82, 2.24) is 4.90 Å². The van der Waals surface area contributed by atoms with Gasteiger partial charge in [0.15, 0.2) is 23.0 Å². The summed E-state index contributed by atoms with van der Waals surface area (Å²) in [5.74, 6) is 0.255. The van der Waals surface area contributed by atoms with E-state index in [-0.39, 0.29) is 13.2 Å². The van der Waals surface area contributed by atoms with E-state index >= 15 is 0 Å². The highest BCUT2D eigenvalue weighted by Crippen LogP contribution is 2.55. The van der Waals surface area contributed by atoms with Gasteiger partial charge in [-0.05, 0) is 61.2 Å². The van der Waals surface area contributed by atoms with E-state index in [1.54, 1.807) is 40.2 Å². The fourth-order valence-electron chi connectivity index (χ4n) is 6.01.